The number of rotatable bonds is 9. The number of ether oxygens (including phenoxy) is 2. The van der Waals surface area contributed by atoms with Crippen molar-refractivity contribution in [3.05, 3.63) is 18.2 Å². The lowest BCUT2D eigenvalue weighted by molar-refractivity contribution is -0.885. The number of quaternary nitrogens is 1. The summed E-state index contributed by atoms with van der Waals surface area (Å²) in [6.07, 6.45) is 0. The van der Waals surface area contributed by atoms with Crippen LogP contribution in [0.5, 0.6) is 11.5 Å². The molecule has 9 heteroatoms. The monoisotopic (exact) mass is 381 g/mol. The van der Waals surface area contributed by atoms with Crippen LogP contribution >= 0.6 is 0 Å². The molecule has 2 atom stereocenters. The number of likely N-dealkylation sites (N-methyl/N-ethyl adjacent to an activating group) is 1. The maximum absolute atomic E-state index is 12.3. The molecule has 0 saturated heterocycles. The summed E-state index contributed by atoms with van der Waals surface area (Å²) >= 11 is 0. The fourth-order valence-corrected chi connectivity index (χ4v) is 2.25. The molecule has 0 aliphatic rings. The highest BCUT2D eigenvalue weighted by Crippen LogP contribution is 2.30. The van der Waals surface area contributed by atoms with Crippen LogP contribution in [-0.2, 0) is 9.59 Å². The minimum Gasteiger partial charge on any atom is -0.490 e. The average Bonchev–Trinajstić information content (AvgIpc) is 2.63. The van der Waals surface area contributed by atoms with Gasteiger partial charge in [-0.25, -0.2) is 4.79 Å². The SMILES string of the molecule is CCOc1ccc(NC(=O)C[NH+](C)[C@@H](C)C(=O)NC(=O)NC)cc1OCC. The number of hydrogen-bond acceptors (Lipinski definition) is 5. The minimum absolute atomic E-state index is 0.0551. The third-order valence-electron chi connectivity index (χ3n) is 3.86. The van der Waals surface area contributed by atoms with Crippen LogP contribution in [0, 0.1) is 0 Å². The number of imide groups is 1. The Bertz CT molecular complexity index is 665. The molecule has 4 amide bonds. The van der Waals surface area contributed by atoms with E-state index in [9.17, 15) is 14.4 Å². The van der Waals surface area contributed by atoms with E-state index >= 15 is 0 Å². The summed E-state index contributed by atoms with van der Waals surface area (Å²) in [5.41, 5.74) is 0.571. The summed E-state index contributed by atoms with van der Waals surface area (Å²) in [5.74, 6) is 0.439. The Balaban J connectivity index is 2.69. The summed E-state index contributed by atoms with van der Waals surface area (Å²) in [6.45, 7) is 6.43. The molecule has 27 heavy (non-hydrogen) atoms. The topological polar surface area (TPSA) is 110 Å². The minimum atomic E-state index is -0.582. The first-order valence-corrected chi connectivity index (χ1v) is 8.86. The number of nitrogens with one attached hydrogen (secondary N) is 4. The molecule has 150 valence electrons. The zero-order valence-corrected chi connectivity index (χ0v) is 16.5. The number of hydrogen-bond donors (Lipinski definition) is 4. The number of urea groups is 1. The Hall–Kier alpha value is -2.81. The lowest BCUT2D eigenvalue weighted by Gasteiger charge is -2.20. The Kier molecular flexibility index (Phi) is 9.07. The van der Waals surface area contributed by atoms with Gasteiger partial charge in [-0.3, -0.25) is 14.9 Å². The summed E-state index contributed by atoms with van der Waals surface area (Å²) in [5, 5.41) is 7.29. The van der Waals surface area contributed by atoms with Crippen LogP contribution in [0.1, 0.15) is 20.8 Å². The van der Waals surface area contributed by atoms with E-state index in [2.05, 4.69) is 16.0 Å². The summed E-state index contributed by atoms with van der Waals surface area (Å²) < 4.78 is 11.0. The Morgan fingerprint density at radius 3 is 2.33 bits per heavy atom. The molecule has 1 aromatic rings. The summed E-state index contributed by atoms with van der Waals surface area (Å²) in [4.78, 5) is 36.1. The highest BCUT2D eigenvalue weighted by atomic mass is 16.5. The van der Waals surface area contributed by atoms with Crippen LogP contribution in [0.15, 0.2) is 18.2 Å². The largest absolute Gasteiger partial charge is 0.490 e. The fraction of sp³-hybridized carbons (Fsp3) is 0.500. The average molecular weight is 381 g/mol. The first-order valence-electron chi connectivity index (χ1n) is 8.86. The number of amides is 4. The zero-order valence-electron chi connectivity index (χ0n) is 16.5. The van der Waals surface area contributed by atoms with E-state index in [0.717, 1.165) is 0 Å². The van der Waals surface area contributed by atoms with Crippen molar-refractivity contribution < 1.29 is 28.8 Å². The molecule has 0 heterocycles. The van der Waals surface area contributed by atoms with Crippen LogP contribution in [0.3, 0.4) is 0 Å². The molecular formula is C18H29N4O5+. The van der Waals surface area contributed by atoms with Crippen molar-refractivity contribution in [2.45, 2.75) is 26.8 Å². The van der Waals surface area contributed by atoms with Gasteiger partial charge in [-0.15, -0.1) is 0 Å². The molecule has 0 saturated carbocycles. The predicted octanol–water partition coefficient (Wildman–Crippen LogP) is -0.219. The molecule has 0 aromatic heterocycles. The second-order valence-corrected chi connectivity index (χ2v) is 5.89. The zero-order chi connectivity index (χ0) is 20.4. The van der Waals surface area contributed by atoms with Crippen molar-refractivity contribution in [3.8, 4) is 11.5 Å². The fourth-order valence-electron chi connectivity index (χ4n) is 2.25. The van der Waals surface area contributed by atoms with E-state index in [1.165, 1.54) is 7.05 Å². The first-order chi connectivity index (χ1) is 12.8. The third-order valence-corrected chi connectivity index (χ3v) is 3.86. The quantitative estimate of drug-likeness (QED) is 0.473. The lowest BCUT2D eigenvalue weighted by Crippen LogP contribution is -3.15. The van der Waals surface area contributed by atoms with Crippen LogP contribution < -0.4 is 30.3 Å². The summed E-state index contributed by atoms with van der Waals surface area (Å²) in [7, 11) is 3.13. The van der Waals surface area contributed by atoms with Gasteiger partial charge in [-0.05, 0) is 32.9 Å². The molecule has 0 fully saturated rings. The van der Waals surface area contributed by atoms with Gasteiger partial charge < -0.3 is 25.0 Å². The predicted molar refractivity (Wildman–Crippen MR) is 101 cm³/mol. The van der Waals surface area contributed by atoms with Crippen molar-refractivity contribution >= 4 is 23.5 Å². The molecule has 0 bridgehead atoms. The van der Waals surface area contributed by atoms with Gasteiger partial charge in [0.15, 0.2) is 24.1 Å². The van der Waals surface area contributed by atoms with E-state index in [1.807, 2.05) is 13.8 Å². The molecule has 0 aliphatic carbocycles. The van der Waals surface area contributed by atoms with Gasteiger partial charge in [0.1, 0.15) is 0 Å². The molecule has 0 radical (unpaired) electrons. The van der Waals surface area contributed by atoms with Gasteiger partial charge in [0.25, 0.3) is 11.8 Å². The van der Waals surface area contributed by atoms with Crippen molar-refractivity contribution in [1.29, 1.82) is 0 Å². The van der Waals surface area contributed by atoms with Crippen molar-refractivity contribution in [3.63, 3.8) is 0 Å². The molecule has 0 spiro atoms. The molecular weight excluding hydrogens is 352 g/mol. The Morgan fingerprint density at radius 2 is 1.74 bits per heavy atom. The van der Waals surface area contributed by atoms with Crippen LogP contribution in [0.25, 0.3) is 0 Å². The molecule has 0 aliphatic heterocycles. The third kappa shape index (κ3) is 7.14. The Labute approximate surface area is 159 Å². The van der Waals surface area contributed by atoms with Crippen LogP contribution in [0.2, 0.25) is 0 Å². The molecule has 1 rings (SSSR count). The maximum atomic E-state index is 12.3. The van der Waals surface area contributed by atoms with E-state index in [4.69, 9.17) is 9.47 Å². The summed E-state index contributed by atoms with van der Waals surface area (Å²) in [6, 6.07) is 4.00. The molecule has 1 unspecified atom stereocenters. The maximum Gasteiger partial charge on any atom is 0.321 e. The second-order valence-electron chi connectivity index (χ2n) is 5.89. The lowest BCUT2D eigenvalue weighted by atomic mass is 10.2. The van der Waals surface area contributed by atoms with Crippen LogP contribution in [0.4, 0.5) is 10.5 Å². The normalized spacial score (nSPS) is 12.5. The molecule has 4 N–H and O–H groups in total. The van der Waals surface area contributed by atoms with Crippen molar-refractivity contribution in [2.24, 2.45) is 0 Å². The highest BCUT2D eigenvalue weighted by Gasteiger charge is 2.25. The van der Waals surface area contributed by atoms with E-state index in [1.54, 1.807) is 32.2 Å². The highest BCUT2D eigenvalue weighted by molar-refractivity contribution is 5.96. The van der Waals surface area contributed by atoms with E-state index < -0.39 is 18.0 Å². The van der Waals surface area contributed by atoms with E-state index in [-0.39, 0.29) is 12.5 Å². The smallest absolute Gasteiger partial charge is 0.321 e. The van der Waals surface area contributed by atoms with Crippen LogP contribution in [-0.4, -0.2) is 57.7 Å². The number of carbonyl (C=O) groups excluding carboxylic acids is 3. The number of anilines is 1. The van der Waals surface area contributed by atoms with Crippen molar-refractivity contribution in [2.75, 3.05) is 39.2 Å². The van der Waals surface area contributed by atoms with Gasteiger partial charge in [0.2, 0.25) is 0 Å². The standard InChI is InChI=1S/C18H28N4O5/c1-6-26-14-9-8-13(10-15(14)27-7-2)20-16(23)11-22(5)12(3)17(24)21-18(25)19-4/h8-10,12H,6-7,11H2,1-5H3,(H,20,23)(H2,19,21,24,25)/p+1/t12-/m0/s1. The molecule has 9 nitrogen and oxygen atoms in total. The van der Waals surface area contributed by atoms with Gasteiger partial charge in [0, 0.05) is 18.8 Å². The Morgan fingerprint density at radius 1 is 1.11 bits per heavy atom. The van der Waals surface area contributed by atoms with E-state index in [0.29, 0.717) is 35.3 Å². The van der Waals surface area contributed by atoms with Gasteiger partial charge in [-0.1, -0.05) is 0 Å². The number of benzene rings is 1. The van der Waals surface area contributed by atoms with Gasteiger partial charge in [0.05, 0.1) is 20.3 Å². The van der Waals surface area contributed by atoms with Crippen molar-refractivity contribution in [1.82, 2.24) is 10.6 Å². The second kappa shape index (κ2) is 11.0. The van der Waals surface area contributed by atoms with Gasteiger partial charge in [-0.2, -0.15) is 0 Å². The van der Waals surface area contributed by atoms with Gasteiger partial charge >= 0.3 is 6.03 Å². The first kappa shape index (κ1) is 22.2. The number of carbonyl (C=O) groups is 3. The molecule has 1 aromatic carbocycles.